The molecule has 0 heterocycles. The van der Waals surface area contributed by atoms with Gasteiger partial charge in [-0.2, -0.15) is 0 Å². The normalized spacial score (nSPS) is 12.6. The molecule has 0 aliphatic rings. The van der Waals surface area contributed by atoms with Crippen molar-refractivity contribution >= 4 is 8.56 Å². The summed E-state index contributed by atoms with van der Waals surface area (Å²) in [5, 5.41) is 0. The van der Waals surface area contributed by atoms with Crippen LogP contribution in [0.1, 0.15) is 79.6 Å². The summed E-state index contributed by atoms with van der Waals surface area (Å²) < 4.78 is 12.2. The molecule has 0 atom stereocenters. The molecule has 0 fully saturated rings. The van der Waals surface area contributed by atoms with Crippen LogP contribution in [0, 0.1) is 0 Å². The van der Waals surface area contributed by atoms with E-state index in [1.807, 2.05) is 0 Å². The topological polar surface area (TPSA) is 18.5 Å². The van der Waals surface area contributed by atoms with Gasteiger partial charge < -0.3 is 8.85 Å². The predicted octanol–water partition coefficient (Wildman–Crippen LogP) is 5.66. The number of hydrogen-bond donors (Lipinski definition) is 0. The molecule has 0 aliphatic carbocycles. The lowest BCUT2D eigenvalue weighted by Gasteiger charge is -2.31. The third-order valence-electron chi connectivity index (χ3n) is 3.20. The smallest absolute Gasteiger partial charge is 0.335 e. The van der Waals surface area contributed by atoms with E-state index in [1.54, 1.807) is 0 Å². The molecule has 0 saturated carbocycles. The van der Waals surface area contributed by atoms with Crippen molar-refractivity contribution in [2.75, 3.05) is 0 Å². The van der Waals surface area contributed by atoms with Crippen LogP contribution in [0.5, 0.6) is 0 Å². The largest absolute Gasteiger partial charge is 0.392 e. The SMILES string of the molecule is CCCCCCCCC[Si](C)(OC(C)C)OC(C)C. The molecule has 3 heteroatoms. The molecule has 0 N–H and O–H groups in total. The van der Waals surface area contributed by atoms with E-state index in [9.17, 15) is 0 Å². The van der Waals surface area contributed by atoms with E-state index in [2.05, 4.69) is 41.2 Å². The Hall–Kier alpha value is 0.137. The van der Waals surface area contributed by atoms with E-state index in [0.29, 0.717) is 0 Å². The fourth-order valence-electron chi connectivity index (χ4n) is 2.55. The van der Waals surface area contributed by atoms with Crippen molar-refractivity contribution in [1.29, 1.82) is 0 Å². The highest BCUT2D eigenvalue weighted by Gasteiger charge is 2.33. The van der Waals surface area contributed by atoms with Gasteiger partial charge in [0.15, 0.2) is 0 Å². The van der Waals surface area contributed by atoms with Crippen LogP contribution in [0.4, 0.5) is 0 Å². The fourth-order valence-corrected chi connectivity index (χ4v) is 5.72. The Morgan fingerprint density at radius 1 is 0.737 bits per heavy atom. The molecule has 19 heavy (non-hydrogen) atoms. The lowest BCUT2D eigenvalue weighted by Crippen LogP contribution is -2.42. The highest BCUT2D eigenvalue weighted by atomic mass is 28.4. The van der Waals surface area contributed by atoms with Gasteiger partial charge in [0.05, 0.1) is 0 Å². The minimum absolute atomic E-state index is 0.278. The molecule has 0 aromatic carbocycles. The first-order valence-corrected chi connectivity index (χ1v) is 10.8. The van der Waals surface area contributed by atoms with Crippen molar-refractivity contribution in [2.24, 2.45) is 0 Å². The summed E-state index contributed by atoms with van der Waals surface area (Å²) in [6.07, 6.45) is 10.0. The van der Waals surface area contributed by atoms with Crippen LogP contribution in [0.15, 0.2) is 0 Å². The van der Waals surface area contributed by atoms with Gasteiger partial charge in [0.2, 0.25) is 0 Å². The Balaban J connectivity index is 3.86. The summed E-state index contributed by atoms with van der Waals surface area (Å²) >= 11 is 0. The maximum atomic E-state index is 6.11. The monoisotopic (exact) mass is 288 g/mol. The average Bonchev–Trinajstić information content (AvgIpc) is 2.25. The molecule has 0 saturated heterocycles. The predicted molar refractivity (Wildman–Crippen MR) is 86.9 cm³/mol. The highest BCUT2D eigenvalue weighted by molar-refractivity contribution is 6.66. The van der Waals surface area contributed by atoms with Crippen LogP contribution in [0.25, 0.3) is 0 Å². The second-order valence-electron chi connectivity index (χ2n) is 6.34. The third kappa shape index (κ3) is 11.6. The van der Waals surface area contributed by atoms with Crippen LogP contribution in [0.2, 0.25) is 12.6 Å². The highest BCUT2D eigenvalue weighted by Crippen LogP contribution is 2.22. The van der Waals surface area contributed by atoms with Crippen LogP contribution < -0.4 is 0 Å². The first-order chi connectivity index (χ1) is 8.89. The molecular weight excluding hydrogens is 252 g/mol. The van der Waals surface area contributed by atoms with Crippen LogP contribution >= 0.6 is 0 Å². The molecule has 0 aromatic rings. The molecule has 0 spiro atoms. The van der Waals surface area contributed by atoms with E-state index in [1.165, 1.54) is 44.9 Å². The minimum atomic E-state index is -1.95. The summed E-state index contributed by atoms with van der Waals surface area (Å²) in [6, 6.07) is 1.14. The summed E-state index contributed by atoms with van der Waals surface area (Å²) in [6.45, 7) is 12.9. The van der Waals surface area contributed by atoms with Gasteiger partial charge in [-0.1, -0.05) is 51.9 Å². The zero-order valence-electron chi connectivity index (χ0n) is 14.1. The van der Waals surface area contributed by atoms with Crippen molar-refractivity contribution in [3.63, 3.8) is 0 Å². The zero-order chi connectivity index (χ0) is 14.7. The number of rotatable bonds is 12. The molecule has 0 bridgehead atoms. The van der Waals surface area contributed by atoms with Crippen LogP contribution in [-0.4, -0.2) is 20.8 Å². The Labute approximate surface area is 122 Å². The van der Waals surface area contributed by atoms with E-state index in [-0.39, 0.29) is 12.2 Å². The number of hydrogen-bond acceptors (Lipinski definition) is 2. The average molecular weight is 289 g/mol. The lowest BCUT2D eigenvalue weighted by molar-refractivity contribution is 0.109. The van der Waals surface area contributed by atoms with Gasteiger partial charge >= 0.3 is 8.56 Å². The van der Waals surface area contributed by atoms with Gasteiger partial charge in [-0.25, -0.2) is 0 Å². The van der Waals surface area contributed by atoms with E-state index >= 15 is 0 Å². The second-order valence-corrected chi connectivity index (χ2v) is 9.58. The lowest BCUT2D eigenvalue weighted by atomic mass is 10.1. The van der Waals surface area contributed by atoms with Crippen molar-refractivity contribution in [3.05, 3.63) is 0 Å². The van der Waals surface area contributed by atoms with Crippen LogP contribution in [0.3, 0.4) is 0 Å². The van der Waals surface area contributed by atoms with Gasteiger partial charge in [-0.3, -0.25) is 0 Å². The van der Waals surface area contributed by atoms with E-state index in [0.717, 1.165) is 6.04 Å². The van der Waals surface area contributed by atoms with Crippen molar-refractivity contribution in [1.82, 2.24) is 0 Å². The Morgan fingerprint density at radius 3 is 1.58 bits per heavy atom. The van der Waals surface area contributed by atoms with Gasteiger partial charge in [-0.15, -0.1) is 0 Å². The molecule has 0 aliphatic heterocycles. The van der Waals surface area contributed by atoms with Gasteiger partial charge in [0, 0.05) is 12.2 Å². The first kappa shape index (κ1) is 19.1. The molecule has 116 valence electrons. The molecule has 0 aromatic heterocycles. The van der Waals surface area contributed by atoms with Gasteiger partial charge in [0.25, 0.3) is 0 Å². The maximum Gasteiger partial charge on any atom is 0.335 e. The summed E-state index contributed by atoms with van der Waals surface area (Å²) in [4.78, 5) is 0. The molecular formula is C16H36O2Si. The zero-order valence-corrected chi connectivity index (χ0v) is 15.1. The van der Waals surface area contributed by atoms with Gasteiger partial charge in [0.1, 0.15) is 0 Å². The molecule has 0 radical (unpaired) electrons. The first-order valence-electron chi connectivity index (χ1n) is 8.25. The van der Waals surface area contributed by atoms with E-state index < -0.39 is 8.56 Å². The molecule has 0 rings (SSSR count). The fraction of sp³-hybridized carbons (Fsp3) is 1.00. The minimum Gasteiger partial charge on any atom is -0.392 e. The summed E-state index contributed by atoms with van der Waals surface area (Å²) in [5.74, 6) is 0. The van der Waals surface area contributed by atoms with E-state index in [4.69, 9.17) is 8.85 Å². The third-order valence-corrected chi connectivity index (χ3v) is 6.41. The molecule has 0 amide bonds. The Morgan fingerprint density at radius 2 is 1.16 bits per heavy atom. The van der Waals surface area contributed by atoms with Crippen molar-refractivity contribution in [3.8, 4) is 0 Å². The second kappa shape index (κ2) is 10.9. The summed E-state index contributed by atoms with van der Waals surface area (Å²) in [7, 11) is -1.95. The number of unbranched alkanes of at least 4 members (excludes halogenated alkanes) is 6. The van der Waals surface area contributed by atoms with Crippen molar-refractivity contribution < 1.29 is 8.85 Å². The quantitative estimate of drug-likeness (QED) is 0.341. The standard InChI is InChI=1S/C16H36O2Si/c1-7-8-9-10-11-12-13-14-19(6,17-15(2)3)18-16(4)5/h15-16H,7-14H2,1-6H3. The van der Waals surface area contributed by atoms with Gasteiger partial charge in [-0.05, 0) is 40.3 Å². The van der Waals surface area contributed by atoms with Crippen molar-refractivity contribution in [2.45, 2.75) is 104 Å². The van der Waals surface area contributed by atoms with Crippen LogP contribution in [-0.2, 0) is 8.85 Å². The molecule has 0 unspecified atom stereocenters. The molecule has 2 nitrogen and oxygen atoms in total. The Bertz CT molecular complexity index is 195. The maximum absolute atomic E-state index is 6.11. The Kier molecular flexibility index (Phi) is 10.9. The summed E-state index contributed by atoms with van der Waals surface area (Å²) in [5.41, 5.74) is 0.